The van der Waals surface area contributed by atoms with E-state index in [2.05, 4.69) is 9.88 Å². The lowest BCUT2D eigenvalue weighted by molar-refractivity contribution is 0.0837. The van der Waals surface area contributed by atoms with Crippen LogP contribution < -0.4 is 5.56 Å². The van der Waals surface area contributed by atoms with Gasteiger partial charge in [0, 0.05) is 24.6 Å². The molecule has 0 aliphatic carbocycles. The van der Waals surface area contributed by atoms with E-state index in [1.54, 1.807) is 29.1 Å². The van der Waals surface area contributed by atoms with Crippen molar-refractivity contribution in [3.8, 4) is 0 Å². The van der Waals surface area contributed by atoms with Crippen LogP contribution in [-0.4, -0.2) is 39.9 Å². The van der Waals surface area contributed by atoms with Crippen LogP contribution in [0, 0.1) is 11.7 Å². The second-order valence-corrected chi connectivity index (χ2v) is 7.25. The van der Waals surface area contributed by atoms with Gasteiger partial charge in [0.25, 0.3) is 5.56 Å². The predicted octanol–water partition coefficient (Wildman–Crippen LogP) is 3.13. The number of ketones is 1. The molecule has 0 unspecified atom stereocenters. The highest BCUT2D eigenvalue weighted by Gasteiger charge is 2.25. The van der Waals surface area contributed by atoms with Crippen molar-refractivity contribution in [2.45, 2.75) is 19.4 Å². The number of hydrogen-bond acceptors (Lipinski definition) is 4. The van der Waals surface area contributed by atoms with Gasteiger partial charge >= 0.3 is 0 Å². The molecule has 4 rings (SSSR count). The Morgan fingerprint density at radius 1 is 1.04 bits per heavy atom. The maximum atomic E-state index is 13.0. The maximum Gasteiger partial charge on any atom is 0.261 e. The third-order valence-corrected chi connectivity index (χ3v) is 5.48. The maximum absolute atomic E-state index is 13.0. The highest BCUT2D eigenvalue weighted by molar-refractivity contribution is 5.97. The SMILES string of the molecule is O=C(c1ccc(F)cc1)C1CCN(CCn2cnc3ccccc3c2=O)CC1. The van der Waals surface area contributed by atoms with E-state index >= 15 is 0 Å². The van der Waals surface area contributed by atoms with Crippen LogP contribution in [0.4, 0.5) is 4.39 Å². The Balaban J connectivity index is 1.34. The summed E-state index contributed by atoms with van der Waals surface area (Å²) in [5, 5.41) is 0.633. The molecule has 0 atom stereocenters. The summed E-state index contributed by atoms with van der Waals surface area (Å²) in [5.74, 6) is -0.258. The Labute approximate surface area is 162 Å². The summed E-state index contributed by atoms with van der Waals surface area (Å²) < 4.78 is 14.7. The average molecular weight is 379 g/mol. The number of fused-ring (bicyclic) bond motifs is 1. The zero-order chi connectivity index (χ0) is 19.5. The van der Waals surface area contributed by atoms with E-state index in [1.807, 2.05) is 18.2 Å². The van der Waals surface area contributed by atoms with Crippen molar-refractivity contribution >= 4 is 16.7 Å². The van der Waals surface area contributed by atoms with Gasteiger partial charge in [0.15, 0.2) is 5.78 Å². The zero-order valence-electron chi connectivity index (χ0n) is 15.6. The number of carbonyl (C=O) groups is 1. The molecule has 0 spiro atoms. The molecular weight excluding hydrogens is 357 g/mol. The van der Waals surface area contributed by atoms with E-state index in [0.29, 0.717) is 23.0 Å². The monoisotopic (exact) mass is 379 g/mol. The van der Waals surface area contributed by atoms with Crippen molar-refractivity contribution in [2.75, 3.05) is 19.6 Å². The van der Waals surface area contributed by atoms with E-state index < -0.39 is 0 Å². The van der Waals surface area contributed by atoms with Gasteiger partial charge in [0.1, 0.15) is 5.82 Å². The molecule has 1 aromatic heterocycles. The molecule has 3 aromatic rings. The van der Waals surface area contributed by atoms with E-state index in [0.717, 1.165) is 32.5 Å². The van der Waals surface area contributed by atoms with Gasteiger partial charge in [-0.05, 0) is 62.3 Å². The number of halogens is 1. The molecule has 5 nitrogen and oxygen atoms in total. The van der Waals surface area contributed by atoms with Crippen LogP contribution >= 0.6 is 0 Å². The van der Waals surface area contributed by atoms with Gasteiger partial charge in [-0.15, -0.1) is 0 Å². The molecule has 144 valence electrons. The highest BCUT2D eigenvalue weighted by Crippen LogP contribution is 2.22. The minimum atomic E-state index is -0.329. The first kappa shape index (κ1) is 18.5. The number of hydrogen-bond donors (Lipinski definition) is 0. The Morgan fingerprint density at radius 3 is 2.50 bits per heavy atom. The van der Waals surface area contributed by atoms with E-state index in [9.17, 15) is 14.0 Å². The zero-order valence-corrected chi connectivity index (χ0v) is 15.6. The molecule has 0 radical (unpaired) electrons. The quantitative estimate of drug-likeness (QED) is 0.639. The number of carbonyl (C=O) groups excluding carboxylic acids is 1. The molecule has 1 fully saturated rings. The van der Waals surface area contributed by atoms with Gasteiger partial charge in [-0.1, -0.05) is 12.1 Å². The van der Waals surface area contributed by atoms with Crippen molar-refractivity contribution in [2.24, 2.45) is 5.92 Å². The van der Waals surface area contributed by atoms with Crippen LogP contribution in [0.15, 0.2) is 59.7 Å². The van der Waals surface area contributed by atoms with Crippen LogP contribution in [0.3, 0.4) is 0 Å². The minimum absolute atomic E-state index is 0.0213. The summed E-state index contributed by atoms with van der Waals surface area (Å²) in [5.41, 5.74) is 1.27. The van der Waals surface area contributed by atoms with Gasteiger partial charge in [-0.3, -0.25) is 14.2 Å². The second kappa shape index (κ2) is 8.02. The molecule has 28 heavy (non-hydrogen) atoms. The molecular formula is C22H22FN3O2. The Morgan fingerprint density at radius 2 is 1.75 bits per heavy atom. The molecule has 1 saturated heterocycles. The first-order chi connectivity index (χ1) is 13.6. The molecule has 1 aliphatic heterocycles. The summed E-state index contributed by atoms with van der Waals surface area (Å²) in [6.07, 6.45) is 3.16. The van der Waals surface area contributed by atoms with Gasteiger partial charge in [-0.2, -0.15) is 0 Å². The topological polar surface area (TPSA) is 55.2 Å². The molecule has 0 bridgehead atoms. The predicted molar refractivity (Wildman–Crippen MR) is 106 cm³/mol. The largest absolute Gasteiger partial charge is 0.302 e. The van der Waals surface area contributed by atoms with Crippen molar-refractivity contribution in [1.82, 2.24) is 14.5 Å². The fraction of sp³-hybridized carbons (Fsp3) is 0.318. The second-order valence-electron chi connectivity index (χ2n) is 7.25. The number of nitrogens with zero attached hydrogens (tertiary/aromatic N) is 3. The smallest absolute Gasteiger partial charge is 0.261 e. The van der Waals surface area contributed by atoms with Crippen LogP contribution in [0.25, 0.3) is 10.9 Å². The number of rotatable bonds is 5. The van der Waals surface area contributed by atoms with Gasteiger partial charge in [-0.25, -0.2) is 9.37 Å². The van der Waals surface area contributed by atoms with Gasteiger partial charge in [0.05, 0.1) is 17.2 Å². The first-order valence-corrected chi connectivity index (χ1v) is 9.58. The lowest BCUT2D eigenvalue weighted by atomic mass is 9.89. The normalized spacial score (nSPS) is 15.8. The number of piperidine rings is 1. The summed E-state index contributed by atoms with van der Waals surface area (Å²) in [7, 11) is 0. The van der Waals surface area contributed by atoms with Crippen LogP contribution in [0.5, 0.6) is 0 Å². The van der Waals surface area contributed by atoms with Crippen LogP contribution in [0.1, 0.15) is 23.2 Å². The third kappa shape index (κ3) is 3.87. The summed E-state index contributed by atoms with van der Waals surface area (Å²) in [6, 6.07) is 13.1. The molecule has 0 N–H and O–H groups in total. The van der Waals surface area contributed by atoms with E-state index in [-0.39, 0.29) is 23.1 Å². The number of Topliss-reactive ketones (excluding diaryl/α,β-unsaturated/α-hetero) is 1. The first-order valence-electron chi connectivity index (χ1n) is 9.58. The number of aromatic nitrogens is 2. The number of para-hydroxylation sites is 1. The van der Waals surface area contributed by atoms with Crippen molar-refractivity contribution < 1.29 is 9.18 Å². The summed E-state index contributed by atoms with van der Waals surface area (Å²) in [6.45, 7) is 2.95. The minimum Gasteiger partial charge on any atom is -0.302 e. The molecule has 0 amide bonds. The van der Waals surface area contributed by atoms with Crippen LogP contribution in [0.2, 0.25) is 0 Å². The highest BCUT2D eigenvalue weighted by atomic mass is 19.1. The van der Waals surface area contributed by atoms with Crippen molar-refractivity contribution in [1.29, 1.82) is 0 Å². The van der Waals surface area contributed by atoms with Gasteiger partial charge in [0.2, 0.25) is 0 Å². The summed E-state index contributed by atoms with van der Waals surface area (Å²) in [4.78, 5) is 31.8. The summed E-state index contributed by atoms with van der Waals surface area (Å²) >= 11 is 0. The van der Waals surface area contributed by atoms with Crippen molar-refractivity contribution in [3.05, 3.63) is 76.6 Å². The average Bonchev–Trinajstić information content (AvgIpc) is 2.74. The molecule has 2 aromatic carbocycles. The fourth-order valence-corrected chi connectivity index (χ4v) is 3.78. The lowest BCUT2D eigenvalue weighted by Gasteiger charge is -2.31. The Hall–Kier alpha value is -2.86. The molecule has 6 heteroatoms. The van der Waals surface area contributed by atoms with Crippen molar-refractivity contribution in [3.63, 3.8) is 0 Å². The fourth-order valence-electron chi connectivity index (χ4n) is 3.78. The Bertz CT molecular complexity index is 1040. The van der Waals surface area contributed by atoms with E-state index in [1.165, 1.54) is 12.1 Å². The molecule has 0 saturated carbocycles. The van der Waals surface area contributed by atoms with E-state index in [4.69, 9.17) is 0 Å². The Kier molecular flexibility index (Phi) is 5.30. The third-order valence-electron chi connectivity index (χ3n) is 5.48. The lowest BCUT2D eigenvalue weighted by Crippen LogP contribution is -2.39. The number of likely N-dealkylation sites (tertiary alicyclic amines) is 1. The standard InChI is InChI=1S/C22H22FN3O2/c23-18-7-5-16(6-8-18)21(27)17-9-11-25(12-10-17)13-14-26-15-24-20-4-2-1-3-19(20)22(26)28/h1-8,15,17H,9-14H2. The van der Waals surface area contributed by atoms with Gasteiger partial charge < -0.3 is 4.90 Å². The molecule has 2 heterocycles. The molecule has 1 aliphatic rings. The number of benzene rings is 2. The van der Waals surface area contributed by atoms with Crippen LogP contribution in [-0.2, 0) is 6.54 Å².